The number of nitrogens with one attached hydrogen (secondary N) is 1. The third-order valence-electron chi connectivity index (χ3n) is 3.34. The molecule has 0 aromatic carbocycles. The minimum absolute atomic E-state index is 0.260. The zero-order chi connectivity index (χ0) is 14.2. The molecule has 7 nitrogen and oxygen atoms in total. The molecule has 1 aliphatic rings. The van der Waals surface area contributed by atoms with E-state index in [4.69, 9.17) is 9.47 Å². The van der Waals surface area contributed by atoms with Gasteiger partial charge in [0, 0.05) is 6.54 Å². The average Bonchev–Trinajstić information content (AvgIpc) is 2.52. The molecule has 2 rings (SSSR count). The predicted molar refractivity (Wildman–Crippen MR) is 76.3 cm³/mol. The molecule has 112 valence electrons. The Hall–Kier alpha value is -1.63. The zero-order valence-electron chi connectivity index (χ0n) is 12.3. The lowest BCUT2D eigenvalue weighted by Gasteiger charge is -2.26. The third-order valence-corrected chi connectivity index (χ3v) is 3.34. The van der Waals surface area contributed by atoms with Crippen LogP contribution in [0.5, 0.6) is 12.0 Å². The third kappa shape index (κ3) is 4.48. The number of ether oxygens (including phenoxy) is 2. The zero-order valence-corrected chi connectivity index (χ0v) is 12.3. The lowest BCUT2D eigenvalue weighted by molar-refractivity contribution is 0.228. The van der Waals surface area contributed by atoms with Gasteiger partial charge in [-0.15, -0.1) is 4.98 Å². The maximum atomic E-state index is 5.01. The van der Waals surface area contributed by atoms with Crippen LogP contribution in [0.15, 0.2) is 0 Å². The normalized spacial score (nSPS) is 15.9. The van der Waals surface area contributed by atoms with Gasteiger partial charge in [-0.1, -0.05) is 6.42 Å². The molecule has 20 heavy (non-hydrogen) atoms. The highest BCUT2D eigenvalue weighted by atomic mass is 16.5. The van der Waals surface area contributed by atoms with E-state index in [0.29, 0.717) is 5.95 Å². The van der Waals surface area contributed by atoms with Gasteiger partial charge in [0.15, 0.2) is 0 Å². The van der Waals surface area contributed by atoms with Crippen LogP contribution in [-0.2, 0) is 0 Å². The Labute approximate surface area is 119 Å². The minimum atomic E-state index is 0.260. The molecule has 2 heterocycles. The summed E-state index contributed by atoms with van der Waals surface area (Å²) in [4.78, 5) is 14.7. The summed E-state index contributed by atoms with van der Waals surface area (Å²) in [6.07, 6.45) is 5.10. The second kappa shape index (κ2) is 7.84. The standard InChI is InChI=1S/C13H23N5O2/c1-19-12-15-11(16-13(17-12)20-2)14-7-6-10-18-8-4-3-5-9-18/h3-10H2,1-2H3,(H,14,15,16,17). The van der Waals surface area contributed by atoms with Gasteiger partial charge in [-0.2, -0.15) is 9.97 Å². The van der Waals surface area contributed by atoms with Crippen molar-refractivity contribution in [3.63, 3.8) is 0 Å². The maximum absolute atomic E-state index is 5.01. The maximum Gasteiger partial charge on any atom is 0.324 e. The van der Waals surface area contributed by atoms with Crippen molar-refractivity contribution >= 4 is 5.95 Å². The van der Waals surface area contributed by atoms with Crippen LogP contribution in [0.4, 0.5) is 5.95 Å². The molecule has 1 N–H and O–H groups in total. The van der Waals surface area contributed by atoms with Gasteiger partial charge in [0.05, 0.1) is 14.2 Å². The second-order valence-electron chi connectivity index (χ2n) is 4.82. The number of piperidine rings is 1. The number of nitrogens with zero attached hydrogens (tertiary/aromatic N) is 4. The lowest BCUT2D eigenvalue weighted by Crippen LogP contribution is -2.31. The Balaban J connectivity index is 1.75. The highest BCUT2D eigenvalue weighted by Gasteiger charge is 2.10. The Morgan fingerprint density at radius 3 is 2.25 bits per heavy atom. The predicted octanol–water partition coefficient (Wildman–Crippen LogP) is 1.18. The minimum Gasteiger partial charge on any atom is -0.467 e. The molecule has 0 atom stereocenters. The van der Waals surface area contributed by atoms with E-state index in [0.717, 1.165) is 19.5 Å². The van der Waals surface area contributed by atoms with E-state index in [1.165, 1.54) is 46.6 Å². The second-order valence-corrected chi connectivity index (χ2v) is 4.82. The SMILES string of the molecule is COc1nc(NCCCN2CCCCC2)nc(OC)n1. The topological polar surface area (TPSA) is 72.4 Å². The van der Waals surface area contributed by atoms with Crippen molar-refractivity contribution in [3.8, 4) is 12.0 Å². The fourth-order valence-electron chi connectivity index (χ4n) is 2.29. The molecule has 0 saturated carbocycles. The van der Waals surface area contributed by atoms with E-state index in [1.54, 1.807) is 0 Å². The van der Waals surface area contributed by atoms with Crippen LogP contribution in [0, 0.1) is 0 Å². The molecule has 0 spiro atoms. The van der Waals surface area contributed by atoms with Crippen LogP contribution in [-0.4, -0.2) is 60.3 Å². The molecular weight excluding hydrogens is 258 g/mol. The van der Waals surface area contributed by atoms with Gasteiger partial charge in [-0.25, -0.2) is 0 Å². The fraction of sp³-hybridized carbons (Fsp3) is 0.769. The number of hydrogen-bond acceptors (Lipinski definition) is 7. The first kappa shape index (κ1) is 14.8. The highest BCUT2D eigenvalue weighted by Crippen LogP contribution is 2.12. The van der Waals surface area contributed by atoms with Crippen molar-refractivity contribution in [2.75, 3.05) is 45.7 Å². The van der Waals surface area contributed by atoms with Gasteiger partial charge < -0.3 is 19.7 Å². The summed E-state index contributed by atoms with van der Waals surface area (Å²) in [6.45, 7) is 4.40. The molecule has 1 aromatic heterocycles. The summed E-state index contributed by atoms with van der Waals surface area (Å²) in [7, 11) is 3.05. The Morgan fingerprint density at radius 2 is 1.65 bits per heavy atom. The van der Waals surface area contributed by atoms with E-state index in [1.807, 2.05) is 0 Å². The van der Waals surface area contributed by atoms with Gasteiger partial charge in [0.1, 0.15) is 0 Å². The van der Waals surface area contributed by atoms with Crippen LogP contribution >= 0.6 is 0 Å². The molecule has 0 unspecified atom stereocenters. The molecule has 1 saturated heterocycles. The summed E-state index contributed by atoms with van der Waals surface area (Å²) in [6, 6.07) is 0.519. The lowest BCUT2D eigenvalue weighted by atomic mass is 10.1. The van der Waals surface area contributed by atoms with Crippen molar-refractivity contribution < 1.29 is 9.47 Å². The van der Waals surface area contributed by atoms with Crippen LogP contribution in [0.25, 0.3) is 0 Å². The van der Waals surface area contributed by atoms with Crippen molar-refractivity contribution in [2.45, 2.75) is 25.7 Å². The summed E-state index contributed by atoms with van der Waals surface area (Å²) >= 11 is 0. The van der Waals surface area contributed by atoms with E-state index in [2.05, 4.69) is 25.2 Å². The summed E-state index contributed by atoms with van der Waals surface area (Å²) in [5.41, 5.74) is 0. The number of hydrogen-bond donors (Lipinski definition) is 1. The van der Waals surface area contributed by atoms with Crippen molar-refractivity contribution in [1.82, 2.24) is 19.9 Å². The molecule has 7 heteroatoms. The first-order valence-corrected chi connectivity index (χ1v) is 7.12. The van der Waals surface area contributed by atoms with E-state index >= 15 is 0 Å². The molecule has 1 aliphatic heterocycles. The first-order chi connectivity index (χ1) is 9.81. The van der Waals surface area contributed by atoms with E-state index in [-0.39, 0.29) is 12.0 Å². The first-order valence-electron chi connectivity index (χ1n) is 7.12. The van der Waals surface area contributed by atoms with E-state index in [9.17, 15) is 0 Å². The Kier molecular flexibility index (Phi) is 5.79. The average molecular weight is 281 g/mol. The molecule has 0 aliphatic carbocycles. The van der Waals surface area contributed by atoms with Crippen LogP contribution in [0.3, 0.4) is 0 Å². The largest absolute Gasteiger partial charge is 0.467 e. The highest BCUT2D eigenvalue weighted by molar-refractivity contribution is 5.27. The van der Waals surface area contributed by atoms with Crippen molar-refractivity contribution in [1.29, 1.82) is 0 Å². The smallest absolute Gasteiger partial charge is 0.324 e. The molecule has 1 aromatic rings. The Morgan fingerprint density at radius 1 is 1.00 bits per heavy atom. The summed E-state index contributed by atoms with van der Waals surface area (Å²) in [5, 5.41) is 3.18. The number of likely N-dealkylation sites (tertiary alicyclic amines) is 1. The number of rotatable bonds is 7. The summed E-state index contributed by atoms with van der Waals surface area (Å²) in [5.74, 6) is 0.493. The monoisotopic (exact) mass is 281 g/mol. The van der Waals surface area contributed by atoms with Gasteiger partial charge in [-0.3, -0.25) is 0 Å². The fourth-order valence-corrected chi connectivity index (χ4v) is 2.29. The molecular formula is C13H23N5O2. The number of methoxy groups -OCH3 is 2. The van der Waals surface area contributed by atoms with Crippen molar-refractivity contribution in [2.24, 2.45) is 0 Å². The molecule has 1 fully saturated rings. The molecule has 0 bridgehead atoms. The van der Waals surface area contributed by atoms with Crippen molar-refractivity contribution in [3.05, 3.63) is 0 Å². The van der Waals surface area contributed by atoms with Gasteiger partial charge in [0.25, 0.3) is 0 Å². The van der Waals surface area contributed by atoms with Gasteiger partial charge >= 0.3 is 12.0 Å². The molecule has 0 radical (unpaired) electrons. The van der Waals surface area contributed by atoms with Gasteiger partial charge in [0.2, 0.25) is 5.95 Å². The van der Waals surface area contributed by atoms with Crippen LogP contribution in [0.2, 0.25) is 0 Å². The van der Waals surface area contributed by atoms with E-state index < -0.39 is 0 Å². The van der Waals surface area contributed by atoms with Gasteiger partial charge in [-0.05, 0) is 38.9 Å². The number of aromatic nitrogens is 3. The Bertz CT molecular complexity index is 387. The number of anilines is 1. The molecule has 0 amide bonds. The quantitative estimate of drug-likeness (QED) is 0.752. The summed E-state index contributed by atoms with van der Waals surface area (Å²) < 4.78 is 10.0. The van der Waals surface area contributed by atoms with Crippen LogP contribution in [0.1, 0.15) is 25.7 Å². The van der Waals surface area contributed by atoms with Crippen LogP contribution < -0.4 is 14.8 Å².